The molecule has 0 aliphatic heterocycles. The fourth-order valence-electron chi connectivity index (χ4n) is 2.34. The van der Waals surface area contributed by atoms with Crippen molar-refractivity contribution in [1.82, 2.24) is 4.90 Å². The SMILES string of the molecule is Cc1ccc(OCC(C)N(CCCl)Cc2ccccc2)cc1. The fraction of sp³-hybridized carbons (Fsp3) is 0.368. The second-order valence-electron chi connectivity index (χ2n) is 5.62. The summed E-state index contributed by atoms with van der Waals surface area (Å²) in [6.45, 7) is 6.67. The van der Waals surface area contributed by atoms with E-state index < -0.39 is 0 Å². The molecule has 22 heavy (non-hydrogen) atoms. The smallest absolute Gasteiger partial charge is 0.119 e. The van der Waals surface area contributed by atoms with E-state index in [4.69, 9.17) is 16.3 Å². The van der Waals surface area contributed by atoms with Crippen LogP contribution in [0.5, 0.6) is 5.75 Å². The van der Waals surface area contributed by atoms with Gasteiger partial charge >= 0.3 is 0 Å². The van der Waals surface area contributed by atoms with Gasteiger partial charge in [-0.25, -0.2) is 0 Å². The van der Waals surface area contributed by atoms with E-state index in [1.807, 2.05) is 18.2 Å². The molecule has 1 unspecified atom stereocenters. The second-order valence-corrected chi connectivity index (χ2v) is 6.00. The molecule has 118 valence electrons. The summed E-state index contributed by atoms with van der Waals surface area (Å²) in [7, 11) is 0. The third-order valence-corrected chi connectivity index (χ3v) is 3.90. The van der Waals surface area contributed by atoms with Gasteiger partial charge in [-0.15, -0.1) is 11.6 Å². The minimum Gasteiger partial charge on any atom is -0.492 e. The monoisotopic (exact) mass is 317 g/mol. The van der Waals surface area contributed by atoms with Crippen molar-refractivity contribution in [3.05, 3.63) is 65.7 Å². The topological polar surface area (TPSA) is 12.5 Å². The van der Waals surface area contributed by atoms with Crippen LogP contribution >= 0.6 is 11.6 Å². The van der Waals surface area contributed by atoms with E-state index in [0.29, 0.717) is 18.5 Å². The number of aryl methyl sites for hydroxylation is 1. The Morgan fingerprint density at radius 3 is 2.36 bits per heavy atom. The van der Waals surface area contributed by atoms with E-state index in [9.17, 15) is 0 Å². The molecular formula is C19H24ClNO. The van der Waals surface area contributed by atoms with Crippen LogP contribution in [-0.4, -0.2) is 30.0 Å². The molecule has 2 aromatic carbocycles. The molecule has 1 atom stereocenters. The van der Waals surface area contributed by atoms with Crippen LogP contribution in [0.4, 0.5) is 0 Å². The first-order chi connectivity index (χ1) is 10.7. The molecular weight excluding hydrogens is 294 g/mol. The van der Waals surface area contributed by atoms with E-state index in [0.717, 1.165) is 18.8 Å². The van der Waals surface area contributed by atoms with Crippen LogP contribution in [0.25, 0.3) is 0 Å². The van der Waals surface area contributed by atoms with Crippen molar-refractivity contribution >= 4 is 11.6 Å². The largest absolute Gasteiger partial charge is 0.492 e. The zero-order valence-electron chi connectivity index (χ0n) is 13.3. The molecule has 2 nitrogen and oxygen atoms in total. The number of halogens is 1. The third-order valence-electron chi connectivity index (χ3n) is 3.74. The molecule has 0 amide bonds. The Bertz CT molecular complexity index is 541. The van der Waals surface area contributed by atoms with Crippen LogP contribution in [0.2, 0.25) is 0 Å². The number of nitrogens with zero attached hydrogens (tertiary/aromatic N) is 1. The molecule has 0 saturated carbocycles. The van der Waals surface area contributed by atoms with Crippen molar-refractivity contribution in [3.8, 4) is 5.75 Å². The summed E-state index contributed by atoms with van der Waals surface area (Å²) < 4.78 is 5.90. The zero-order valence-corrected chi connectivity index (χ0v) is 14.1. The van der Waals surface area contributed by atoms with Gasteiger partial charge in [0.1, 0.15) is 12.4 Å². The summed E-state index contributed by atoms with van der Waals surface area (Å²) in [5.74, 6) is 1.55. The van der Waals surface area contributed by atoms with Gasteiger partial charge in [0.05, 0.1) is 0 Å². The highest BCUT2D eigenvalue weighted by atomic mass is 35.5. The van der Waals surface area contributed by atoms with Crippen LogP contribution in [0.15, 0.2) is 54.6 Å². The number of hydrogen-bond donors (Lipinski definition) is 0. The van der Waals surface area contributed by atoms with Crippen LogP contribution in [-0.2, 0) is 6.54 Å². The Kier molecular flexibility index (Phi) is 6.75. The van der Waals surface area contributed by atoms with Gasteiger partial charge in [-0.3, -0.25) is 4.90 Å². The molecule has 0 heterocycles. The van der Waals surface area contributed by atoms with Gasteiger partial charge in [0, 0.05) is 25.0 Å². The van der Waals surface area contributed by atoms with E-state index in [-0.39, 0.29) is 0 Å². The average molecular weight is 318 g/mol. The maximum absolute atomic E-state index is 5.96. The normalized spacial score (nSPS) is 12.4. The van der Waals surface area contributed by atoms with Crippen LogP contribution in [0.1, 0.15) is 18.1 Å². The summed E-state index contributed by atoms with van der Waals surface area (Å²) in [5, 5.41) is 0. The lowest BCUT2D eigenvalue weighted by atomic mass is 10.2. The van der Waals surface area contributed by atoms with Crippen molar-refractivity contribution in [2.75, 3.05) is 19.0 Å². The minimum absolute atomic E-state index is 0.306. The number of benzene rings is 2. The Morgan fingerprint density at radius 2 is 1.73 bits per heavy atom. The molecule has 0 bridgehead atoms. The van der Waals surface area contributed by atoms with Crippen molar-refractivity contribution in [1.29, 1.82) is 0 Å². The number of rotatable bonds is 8. The quantitative estimate of drug-likeness (QED) is 0.664. The van der Waals surface area contributed by atoms with Crippen LogP contribution < -0.4 is 4.74 Å². The number of hydrogen-bond acceptors (Lipinski definition) is 2. The van der Waals surface area contributed by atoms with Gasteiger partial charge in [0.2, 0.25) is 0 Å². The molecule has 2 rings (SSSR count). The Balaban J connectivity index is 1.91. The lowest BCUT2D eigenvalue weighted by Crippen LogP contribution is -2.38. The molecule has 0 saturated heterocycles. The van der Waals surface area contributed by atoms with Crippen molar-refractivity contribution in [3.63, 3.8) is 0 Å². The molecule has 0 aliphatic carbocycles. The molecule has 3 heteroatoms. The maximum Gasteiger partial charge on any atom is 0.119 e. The van der Waals surface area contributed by atoms with Gasteiger partial charge < -0.3 is 4.74 Å². The first-order valence-corrected chi connectivity index (χ1v) is 8.26. The summed E-state index contributed by atoms with van der Waals surface area (Å²) >= 11 is 5.96. The van der Waals surface area contributed by atoms with Crippen LogP contribution in [0.3, 0.4) is 0 Å². The second kappa shape index (κ2) is 8.82. The molecule has 2 aromatic rings. The molecule has 0 aliphatic rings. The van der Waals surface area contributed by atoms with Gasteiger partial charge in [-0.2, -0.15) is 0 Å². The lowest BCUT2D eigenvalue weighted by Gasteiger charge is -2.28. The molecule has 0 N–H and O–H groups in total. The standard InChI is InChI=1S/C19H24ClNO/c1-16-8-10-19(11-9-16)22-15-17(2)21(13-12-20)14-18-6-4-3-5-7-18/h3-11,17H,12-15H2,1-2H3. The van der Waals surface area contributed by atoms with Crippen molar-refractivity contribution < 1.29 is 4.74 Å². The van der Waals surface area contributed by atoms with E-state index in [1.165, 1.54) is 11.1 Å². The maximum atomic E-state index is 5.96. The highest BCUT2D eigenvalue weighted by Crippen LogP contribution is 2.14. The Morgan fingerprint density at radius 1 is 1.05 bits per heavy atom. The average Bonchev–Trinajstić information content (AvgIpc) is 2.54. The lowest BCUT2D eigenvalue weighted by molar-refractivity contribution is 0.146. The van der Waals surface area contributed by atoms with Gasteiger partial charge in [-0.05, 0) is 31.5 Å². The molecule has 0 spiro atoms. The van der Waals surface area contributed by atoms with Gasteiger partial charge in [-0.1, -0.05) is 48.0 Å². The number of alkyl halides is 1. The highest BCUT2D eigenvalue weighted by Gasteiger charge is 2.14. The molecule has 0 radical (unpaired) electrons. The van der Waals surface area contributed by atoms with Crippen molar-refractivity contribution in [2.24, 2.45) is 0 Å². The summed E-state index contributed by atoms with van der Waals surface area (Å²) in [5.41, 5.74) is 2.54. The molecule has 0 fully saturated rings. The first-order valence-electron chi connectivity index (χ1n) is 7.72. The summed E-state index contributed by atoms with van der Waals surface area (Å²) in [6.07, 6.45) is 0. The van der Waals surface area contributed by atoms with Crippen molar-refractivity contribution in [2.45, 2.75) is 26.4 Å². The predicted molar refractivity (Wildman–Crippen MR) is 93.7 cm³/mol. The van der Waals surface area contributed by atoms with E-state index in [2.05, 4.69) is 55.1 Å². The first kappa shape index (κ1) is 16.9. The zero-order chi connectivity index (χ0) is 15.8. The van der Waals surface area contributed by atoms with Gasteiger partial charge in [0.15, 0.2) is 0 Å². The van der Waals surface area contributed by atoms with E-state index >= 15 is 0 Å². The third kappa shape index (κ3) is 5.36. The Hall–Kier alpha value is -1.51. The van der Waals surface area contributed by atoms with Gasteiger partial charge in [0.25, 0.3) is 0 Å². The highest BCUT2D eigenvalue weighted by molar-refractivity contribution is 6.18. The molecule has 0 aromatic heterocycles. The Labute approximate surface area is 138 Å². The number of ether oxygens (including phenoxy) is 1. The summed E-state index contributed by atoms with van der Waals surface area (Å²) in [4.78, 5) is 2.36. The fourth-order valence-corrected chi connectivity index (χ4v) is 2.56. The summed E-state index contributed by atoms with van der Waals surface area (Å²) in [6, 6.07) is 19.0. The van der Waals surface area contributed by atoms with Crippen LogP contribution in [0, 0.1) is 6.92 Å². The predicted octanol–water partition coefficient (Wildman–Crippen LogP) is 4.50. The van der Waals surface area contributed by atoms with E-state index in [1.54, 1.807) is 0 Å². The minimum atomic E-state index is 0.306.